The quantitative estimate of drug-likeness (QED) is 0.784. The van der Waals surface area contributed by atoms with Crippen LogP contribution < -0.4 is 15.4 Å². The molecule has 1 aliphatic rings. The van der Waals surface area contributed by atoms with Crippen LogP contribution in [0.4, 0.5) is 15.2 Å². The molecule has 4 nitrogen and oxygen atoms in total. The Hall–Kier alpha value is -2.60. The van der Waals surface area contributed by atoms with E-state index in [2.05, 4.69) is 9.88 Å². The summed E-state index contributed by atoms with van der Waals surface area (Å²) in [7, 11) is 0. The van der Waals surface area contributed by atoms with Gasteiger partial charge in [0.25, 0.3) is 0 Å². The molecule has 0 aliphatic carbocycles. The molecule has 0 unspecified atom stereocenters. The lowest BCUT2D eigenvalue weighted by atomic mass is 10.1. The van der Waals surface area contributed by atoms with Gasteiger partial charge in [-0.15, -0.1) is 11.3 Å². The monoisotopic (exact) mass is 341 g/mol. The topological polar surface area (TPSA) is 51.4 Å². The van der Waals surface area contributed by atoms with E-state index >= 15 is 0 Å². The highest BCUT2D eigenvalue weighted by Gasteiger charge is 2.20. The summed E-state index contributed by atoms with van der Waals surface area (Å²) in [6.45, 7) is 1.81. The van der Waals surface area contributed by atoms with Crippen LogP contribution in [0.2, 0.25) is 0 Å². The molecule has 0 fully saturated rings. The molecule has 2 heterocycles. The van der Waals surface area contributed by atoms with Crippen molar-refractivity contribution in [3.8, 4) is 17.0 Å². The highest BCUT2D eigenvalue weighted by atomic mass is 32.1. The molecule has 0 saturated carbocycles. The van der Waals surface area contributed by atoms with Crippen molar-refractivity contribution in [1.29, 1.82) is 0 Å². The second kappa shape index (κ2) is 6.13. The molecule has 0 atom stereocenters. The number of nitrogens with two attached hydrogens (primary N) is 1. The minimum absolute atomic E-state index is 0.186. The van der Waals surface area contributed by atoms with Crippen molar-refractivity contribution in [2.45, 2.75) is 6.54 Å². The van der Waals surface area contributed by atoms with Crippen LogP contribution in [0.3, 0.4) is 0 Å². The number of anilines is 2. The van der Waals surface area contributed by atoms with E-state index in [9.17, 15) is 4.39 Å². The van der Waals surface area contributed by atoms with E-state index < -0.39 is 0 Å². The molecular weight excluding hydrogens is 325 g/mol. The third-order valence-electron chi connectivity index (χ3n) is 4.06. The first kappa shape index (κ1) is 15.0. The van der Waals surface area contributed by atoms with Gasteiger partial charge >= 0.3 is 0 Å². The maximum Gasteiger partial charge on any atom is 0.180 e. The predicted octanol–water partition coefficient (Wildman–Crippen LogP) is 3.93. The zero-order valence-electron chi connectivity index (χ0n) is 12.9. The molecule has 2 N–H and O–H groups in total. The van der Waals surface area contributed by atoms with Crippen LogP contribution in [-0.2, 0) is 6.54 Å². The fraction of sp³-hybridized carbons (Fsp3) is 0.167. The second-order valence-corrected chi connectivity index (χ2v) is 6.50. The highest BCUT2D eigenvalue weighted by molar-refractivity contribution is 7.13. The standard InChI is InChI=1S/C18H16FN3OS/c19-14-4-2-1-3-13(14)10-22-7-8-23-17-6-5-12(9-16(17)22)15-11-24-18(20)21-15/h1-6,9,11H,7-8,10H2,(H2,20,21). The maximum absolute atomic E-state index is 14.0. The van der Waals surface area contributed by atoms with Crippen molar-refractivity contribution in [3.05, 3.63) is 59.2 Å². The number of aromatic nitrogens is 1. The van der Waals surface area contributed by atoms with Gasteiger partial charge in [-0.3, -0.25) is 0 Å². The van der Waals surface area contributed by atoms with Crippen molar-refractivity contribution in [3.63, 3.8) is 0 Å². The normalized spacial score (nSPS) is 13.5. The Morgan fingerprint density at radius 2 is 2.12 bits per heavy atom. The van der Waals surface area contributed by atoms with Gasteiger partial charge in [0, 0.05) is 23.1 Å². The summed E-state index contributed by atoms with van der Waals surface area (Å²) >= 11 is 1.41. The summed E-state index contributed by atoms with van der Waals surface area (Å²) in [5.74, 6) is 0.624. The fourth-order valence-electron chi connectivity index (χ4n) is 2.85. The molecule has 0 bridgehead atoms. The van der Waals surface area contributed by atoms with E-state index in [-0.39, 0.29) is 5.82 Å². The SMILES string of the molecule is Nc1nc(-c2ccc3c(c2)N(Cc2ccccc2F)CCO3)cs1. The van der Waals surface area contributed by atoms with Gasteiger partial charge in [0.05, 0.1) is 17.9 Å². The second-order valence-electron chi connectivity index (χ2n) is 5.61. The van der Waals surface area contributed by atoms with E-state index in [0.29, 0.717) is 30.4 Å². The van der Waals surface area contributed by atoms with Crippen molar-refractivity contribution in [1.82, 2.24) is 4.98 Å². The summed E-state index contributed by atoms with van der Waals surface area (Å²) in [5, 5.41) is 2.48. The van der Waals surface area contributed by atoms with E-state index in [1.54, 1.807) is 6.07 Å². The Balaban J connectivity index is 1.69. The molecule has 122 valence electrons. The average molecular weight is 341 g/mol. The maximum atomic E-state index is 14.0. The summed E-state index contributed by atoms with van der Waals surface area (Å²) in [5.41, 5.74) is 9.18. The van der Waals surface area contributed by atoms with Gasteiger partial charge < -0.3 is 15.4 Å². The zero-order valence-corrected chi connectivity index (χ0v) is 13.7. The number of halogens is 1. The number of thiazole rings is 1. The summed E-state index contributed by atoms with van der Waals surface area (Å²) in [6, 6.07) is 12.8. The molecule has 0 saturated heterocycles. The molecule has 0 radical (unpaired) electrons. The third-order valence-corrected chi connectivity index (χ3v) is 4.73. The van der Waals surface area contributed by atoms with Crippen molar-refractivity contribution < 1.29 is 9.13 Å². The fourth-order valence-corrected chi connectivity index (χ4v) is 3.42. The first-order valence-corrected chi connectivity index (χ1v) is 8.55. The largest absolute Gasteiger partial charge is 0.490 e. The van der Waals surface area contributed by atoms with Crippen LogP contribution in [0.25, 0.3) is 11.3 Å². The molecule has 24 heavy (non-hydrogen) atoms. The minimum atomic E-state index is -0.186. The minimum Gasteiger partial charge on any atom is -0.490 e. The molecule has 3 aromatic rings. The lowest BCUT2D eigenvalue weighted by molar-refractivity contribution is 0.306. The van der Waals surface area contributed by atoms with Crippen LogP contribution in [-0.4, -0.2) is 18.1 Å². The predicted molar refractivity (Wildman–Crippen MR) is 94.9 cm³/mol. The Kier molecular flexibility index (Phi) is 3.82. The number of rotatable bonds is 3. The smallest absolute Gasteiger partial charge is 0.180 e. The van der Waals surface area contributed by atoms with Gasteiger partial charge in [-0.2, -0.15) is 0 Å². The summed E-state index contributed by atoms with van der Waals surface area (Å²) < 4.78 is 19.7. The van der Waals surface area contributed by atoms with E-state index in [1.165, 1.54) is 17.4 Å². The van der Waals surface area contributed by atoms with Gasteiger partial charge in [0.2, 0.25) is 0 Å². The van der Waals surface area contributed by atoms with Gasteiger partial charge in [-0.1, -0.05) is 18.2 Å². The third kappa shape index (κ3) is 2.80. The Morgan fingerprint density at radius 3 is 2.92 bits per heavy atom. The number of ether oxygens (including phenoxy) is 1. The number of benzene rings is 2. The van der Waals surface area contributed by atoms with Crippen molar-refractivity contribution >= 4 is 22.2 Å². The van der Waals surface area contributed by atoms with Gasteiger partial charge in [-0.05, 0) is 24.3 Å². The number of fused-ring (bicyclic) bond motifs is 1. The molecule has 0 amide bonds. The van der Waals surface area contributed by atoms with Gasteiger partial charge in [0.1, 0.15) is 18.2 Å². The first-order chi connectivity index (χ1) is 11.7. The Labute approximate surface area is 143 Å². The number of nitrogen functional groups attached to an aromatic ring is 1. The molecule has 1 aliphatic heterocycles. The number of hydrogen-bond acceptors (Lipinski definition) is 5. The van der Waals surface area contributed by atoms with E-state index in [4.69, 9.17) is 10.5 Å². The molecule has 6 heteroatoms. The van der Waals surface area contributed by atoms with Gasteiger partial charge in [0.15, 0.2) is 5.13 Å². The zero-order chi connectivity index (χ0) is 16.5. The molecule has 1 aromatic heterocycles. The van der Waals surface area contributed by atoms with Crippen molar-refractivity contribution in [2.75, 3.05) is 23.8 Å². The van der Waals surface area contributed by atoms with E-state index in [0.717, 1.165) is 22.7 Å². The van der Waals surface area contributed by atoms with Crippen molar-refractivity contribution in [2.24, 2.45) is 0 Å². The van der Waals surface area contributed by atoms with Gasteiger partial charge in [-0.25, -0.2) is 9.37 Å². The molecular formula is C18H16FN3OS. The lowest BCUT2D eigenvalue weighted by Crippen LogP contribution is -2.32. The Bertz CT molecular complexity index is 880. The highest BCUT2D eigenvalue weighted by Crippen LogP contribution is 2.37. The summed E-state index contributed by atoms with van der Waals surface area (Å²) in [4.78, 5) is 6.47. The van der Waals surface area contributed by atoms with Crippen LogP contribution >= 0.6 is 11.3 Å². The van der Waals surface area contributed by atoms with Crippen LogP contribution in [0, 0.1) is 5.82 Å². The number of hydrogen-bond donors (Lipinski definition) is 1. The molecule has 4 rings (SSSR count). The molecule has 0 spiro atoms. The Morgan fingerprint density at radius 1 is 1.25 bits per heavy atom. The van der Waals surface area contributed by atoms with E-state index in [1.807, 2.05) is 35.7 Å². The first-order valence-electron chi connectivity index (χ1n) is 7.67. The number of nitrogens with zero attached hydrogens (tertiary/aromatic N) is 2. The van der Waals surface area contributed by atoms with Crippen LogP contribution in [0.5, 0.6) is 5.75 Å². The lowest BCUT2D eigenvalue weighted by Gasteiger charge is -2.31. The molecule has 2 aromatic carbocycles. The summed E-state index contributed by atoms with van der Waals surface area (Å²) in [6.07, 6.45) is 0. The van der Waals surface area contributed by atoms with Crippen LogP contribution in [0.15, 0.2) is 47.8 Å². The van der Waals surface area contributed by atoms with Crippen LogP contribution in [0.1, 0.15) is 5.56 Å². The average Bonchev–Trinajstić information content (AvgIpc) is 3.03.